The van der Waals surface area contributed by atoms with Gasteiger partial charge in [0.25, 0.3) is 0 Å². The lowest BCUT2D eigenvalue weighted by molar-refractivity contribution is 0.268. The number of hydrogen-bond acceptors (Lipinski definition) is 2. The summed E-state index contributed by atoms with van der Waals surface area (Å²) in [6, 6.07) is 0. The van der Waals surface area contributed by atoms with Crippen LogP contribution in [-0.2, 0) is 10.0 Å². The fourth-order valence-electron chi connectivity index (χ4n) is 1.69. The number of halogens is 1. The Hall–Kier alpha value is 0.200. The summed E-state index contributed by atoms with van der Waals surface area (Å²) >= 11 is 5.83. The molecule has 0 aromatic rings. The van der Waals surface area contributed by atoms with Gasteiger partial charge in [-0.15, -0.1) is 11.6 Å². The molecule has 0 aromatic heterocycles. The van der Waals surface area contributed by atoms with Crippen molar-refractivity contribution in [2.24, 2.45) is 5.92 Å². The van der Waals surface area contributed by atoms with E-state index in [1.165, 1.54) is 4.31 Å². The molecule has 5 heteroatoms. The molecule has 1 rings (SSSR count). The minimum Gasteiger partial charge on any atom is -0.212 e. The molecule has 0 amide bonds. The highest BCUT2D eigenvalue weighted by molar-refractivity contribution is 7.89. The van der Waals surface area contributed by atoms with Gasteiger partial charge in [-0.3, -0.25) is 0 Å². The van der Waals surface area contributed by atoms with Crippen molar-refractivity contribution in [1.29, 1.82) is 0 Å². The van der Waals surface area contributed by atoms with Crippen LogP contribution in [0.5, 0.6) is 0 Å². The number of hydrogen-bond donors (Lipinski definition) is 0. The molecule has 0 N–H and O–H groups in total. The second-order valence-corrected chi connectivity index (χ2v) is 6.84. The summed E-state index contributed by atoms with van der Waals surface area (Å²) in [6.45, 7) is 2.51. The fourth-order valence-corrected chi connectivity index (χ4v) is 3.46. The van der Waals surface area contributed by atoms with Gasteiger partial charge in [-0.2, -0.15) is 0 Å². The van der Waals surface area contributed by atoms with Crippen molar-refractivity contribution in [2.45, 2.75) is 31.6 Å². The monoisotopic (exact) mass is 239 g/mol. The van der Waals surface area contributed by atoms with E-state index < -0.39 is 10.0 Å². The second-order valence-electron chi connectivity index (χ2n) is 4.03. The summed E-state index contributed by atoms with van der Waals surface area (Å²) in [7, 11) is -1.35. The average molecular weight is 240 g/mol. The fraction of sp³-hybridized carbons (Fsp3) is 1.00. The van der Waals surface area contributed by atoms with E-state index >= 15 is 0 Å². The maximum absolute atomic E-state index is 11.6. The zero-order chi connectivity index (χ0) is 10.8. The van der Waals surface area contributed by atoms with Gasteiger partial charge in [0, 0.05) is 19.0 Å². The molecule has 84 valence electrons. The molecule has 0 radical (unpaired) electrons. The first kappa shape index (κ1) is 12.3. The van der Waals surface area contributed by atoms with Gasteiger partial charge < -0.3 is 0 Å². The van der Waals surface area contributed by atoms with Crippen LogP contribution in [-0.4, -0.2) is 37.4 Å². The van der Waals surface area contributed by atoms with Gasteiger partial charge in [-0.1, -0.05) is 6.92 Å². The zero-order valence-corrected chi connectivity index (χ0v) is 10.3. The van der Waals surface area contributed by atoms with Crippen LogP contribution in [0.1, 0.15) is 26.2 Å². The minimum atomic E-state index is -3.01. The molecule has 0 unspecified atom stereocenters. The maximum atomic E-state index is 11.6. The van der Waals surface area contributed by atoms with Gasteiger partial charge in [0.2, 0.25) is 10.0 Å². The van der Waals surface area contributed by atoms with Crippen molar-refractivity contribution in [1.82, 2.24) is 4.31 Å². The Morgan fingerprint density at radius 2 is 2.00 bits per heavy atom. The lowest BCUT2D eigenvalue weighted by Crippen LogP contribution is -2.38. The van der Waals surface area contributed by atoms with Crippen LogP contribution in [0.25, 0.3) is 0 Å². The van der Waals surface area contributed by atoms with Crippen LogP contribution in [0.3, 0.4) is 0 Å². The molecule has 0 atom stereocenters. The third-order valence-electron chi connectivity index (χ3n) is 2.63. The van der Waals surface area contributed by atoms with Crippen LogP contribution in [0, 0.1) is 5.92 Å². The topological polar surface area (TPSA) is 37.4 Å². The molecule has 14 heavy (non-hydrogen) atoms. The summed E-state index contributed by atoms with van der Waals surface area (Å²) in [4.78, 5) is 0. The van der Waals surface area contributed by atoms with Gasteiger partial charge in [-0.05, 0) is 25.2 Å². The third-order valence-corrected chi connectivity index (χ3v) is 5.01. The smallest absolute Gasteiger partial charge is 0.212 e. The van der Waals surface area contributed by atoms with E-state index in [0.29, 0.717) is 18.9 Å². The van der Waals surface area contributed by atoms with Gasteiger partial charge >= 0.3 is 0 Å². The van der Waals surface area contributed by atoms with E-state index in [4.69, 9.17) is 11.6 Å². The van der Waals surface area contributed by atoms with Crippen LogP contribution in [0.4, 0.5) is 0 Å². The highest BCUT2D eigenvalue weighted by Crippen LogP contribution is 2.32. The SMILES string of the molecule is CCCS(=O)(=O)N(C)CC1CC(Cl)C1. The highest BCUT2D eigenvalue weighted by atomic mass is 35.5. The van der Waals surface area contributed by atoms with Gasteiger partial charge in [0.05, 0.1) is 5.75 Å². The molecule has 1 aliphatic rings. The summed E-state index contributed by atoms with van der Waals surface area (Å²) < 4.78 is 24.6. The van der Waals surface area contributed by atoms with Crippen LogP contribution in [0.15, 0.2) is 0 Å². The first-order chi connectivity index (χ1) is 6.45. The van der Waals surface area contributed by atoms with Crippen molar-refractivity contribution < 1.29 is 8.42 Å². The molecule has 0 bridgehead atoms. The standard InChI is InChI=1S/C9H18ClNO2S/c1-3-4-14(12,13)11(2)7-8-5-9(10)6-8/h8-9H,3-7H2,1-2H3. The van der Waals surface area contributed by atoms with Crippen LogP contribution in [0.2, 0.25) is 0 Å². The van der Waals surface area contributed by atoms with Crippen LogP contribution >= 0.6 is 11.6 Å². The molecule has 1 saturated carbocycles. The van der Waals surface area contributed by atoms with Gasteiger partial charge in [0.15, 0.2) is 0 Å². The molecular weight excluding hydrogens is 222 g/mol. The van der Waals surface area contributed by atoms with Crippen molar-refractivity contribution in [3.8, 4) is 0 Å². The first-order valence-electron chi connectivity index (χ1n) is 5.03. The molecule has 0 aliphatic heterocycles. The predicted molar refractivity (Wildman–Crippen MR) is 59.1 cm³/mol. The third kappa shape index (κ3) is 3.11. The van der Waals surface area contributed by atoms with Crippen molar-refractivity contribution in [2.75, 3.05) is 19.3 Å². The highest BCUT2D eigenvalue weighted by Gasteiger charge is 2.30. The van der Waals surface area contributed by atoms with E-state index in [9.17, 15) is 8.42 Å². The predicted octanol–water partition coefficient (Wildman–Crippen LogP) is 1.68. The Bertz CT molecular complexity index is 273. The minimum absolute atomic E-state index is 0.251. The molecule has 0 aromatic carbocycles. The Labute approximate surface area is 91.5 Å². The van der Waals surface area contributed by atoms with E-state index in [0.717, 1.165) is 12.8 Å². The van der Waals surface area contributed by atoms with Crippen molar-refractivity contribution >= 4 is 21.6 Å². The molecule has 1 aliphatic carbocycles. The molecular formula is C9H18ClNO2S. The van der Waals surface area contributed by atoms with Gasteiger partial charge in [0.1, 0.15) is 0 Å². The second kappa shape index (κ2) is 4.81. The van der Waals surface area contributed by atoms with Crippen molar-refractivity contribution in [3.05, 3.63) is 0 Å². The first-order valence-corrected chi connectivity index (χ1v) is 7.08. The summed E-state index contributed by atoms with van der Waals surface area (Å²) in [5.41, 5.74) is 0. The lowest BCUT2D eigenvalue weighted by Gasteiger charge is -2.33. The molecule has 3 nitrogen and oxygen atoms in total. The van der Waals surface area contributed by atoms with Crippen molar-refractivity contribution in [3.63, 3.8) is 0 Å². The van der Waals surface area contributed by atoms with E-state index in [1.807, 2.05) is 6.92 Å². The van der Waals surface area contributed by atoms with E-state index in [2.05, 4.69) is 0 Å². The molecule has 0 heterocycles. The quantitative estimate of drug-likeness (QED) is 0.685. The Morgan fingerprint density at radius 3 is 2.43 bits per heavy atom. The number of alkyl halides is 1. The summed E-state index contributed by atoms with van der Waals surface area (Å²) in [6.07, 6.45) is 2.58. The lowest BCUT2D eigenvalue weighted by atomic mass is 9.85. The largest absolute Gasteiger partial charge is 0.213 e. The number of rotatable bonds is 5. The Balaban J connectivity index is 2.37. The average Bonchev–Trinajstić information content (AvgIpc) is 2.01. The Morgan fingerprint density at radius 1 is 1.43 bits per heavy atom. The summed E-state index contributed by atoms with van der Waals surface area (Å²) in [5, 5.41) is 0.266. The molecule has 0 spiro atoms. The van der Waals surface area contributed by atoms with Gasteiger partial charge in [-0.25, -0.2) is 12.7 Å². The Kier molecular flexibility index (Phi) is 4.22. The summed E-state index contributed by atoms with van der Waals surface area (Å²) in [5.74, 6) is 0.717. The maximum Gasteiger partial charge on any atom is 0.213 e. The van der Waals surface area contributed by atoms with E-state index in [-0.39, 0.29) is 11.1 Å². The number of nitrogens with zero attached hydrogens (tertiary/aromatic N) is 1. The number of sulfonamides is 1. The van der Waals surface area contributed by atoms with Crippen LogP contribution < -0.4 is 0 Å². The van der Waals surface area contributed by atoms with E-state index in [1.54, 1.807) is 7.05 Å². The normalized spacial score (nSPS) is 27.7. The zero-order valence-electron chi connectivity index (χ0n) is 8.74. The molecule has 0 saturated heterocycles. The molecule has 1 fully saturated rings.